The van der Waals surface area contributed by atoms with Crippen LogP contribution < -0.4 is 10.1 Å². The number of allylic oxidation sites excluding steroid dienone is 1. The summed E-state index contributed by atoms with van der Waals surface area (Å²) in [5.74, 6) is 0.992. The van der Waals surface area contributed by atoms with E-state index in [0.29, 0.717) is 15.3 Å². The second kappa shape index (κ2) is 5.91. The second-order valence-electron chi connectivity index (χ2n) is 6.83. The molecule has 1 saturated carbocycles. The van der Waals surface area contributed by atoms with E-state index in [0.717, 1.165) is 10.4 Å². The third-order valence-corrected chi connectivity index (χ3v) is 7.03. The van der Waals surface area contributed by atoms with Gasteiger partial charge in [-0.15, -0.1) is 16.4 Å². The standard InChI is InChI=1S/C17H15Cl2N3OS2/c1-8-4-5-24-10(8)7-11-15(23)22-16(25-11)20-14(21-22)13-9(6-12(18)19)17(13,2)3/h4-7,9,13H,1-3H3/b11-7+/t9-,13+/m0/s1. The largest absolute Gasteiger partial charge is 0.291 e. The van der Waals surface area contributed by atoms with Gasteiger partial charge in [-0.3, -0.25) is 4.79 Å². The summed E-state index contributed by atoms with van der Waals surface area (Å²) in [6.07, 6.45) is 3.75. The maximum Gasteiger partial charge on any atom is 0.291 e. The van der Waals surface area contributed by atoms with E-state index in [1.807, 2.05) is 30.5 Å². The number of nitrogens with zero attached hydrogens (tertiary/aromatic N) is 3. The normalized spacial score (nSPS) is 22.5. The van der Waals surface area contributed by atoms with Crippen molar-refractivity contribution in [3.63, 3.8) is 0 Å². The Kier molecular flexibility index (Phi) is 4.07. The number of halogens is 2. The topological polar surface area (TPSA) is 47.3 Å². The summed E-state index contributed by atoms with van der Waals surface area (Å²) in [6, 6.07) is 2.04. The molecule has 0 aromatic carbocycles. The van der Waals surface area contributed by atoms with E-state index in [1.165, 1.54) is 15.9 Å². The zero-order valence-electron chi connectivity index (χ0n) is 13.8. The highest BCUT2D eigenvalue weighted by Gasteiger charge is 2.59. The van der Waals surface area contributed by atoms with Crippen LogP contribution in [0.2, 0.25) is 0 Å². The number of thiophene rings is 1. The van der Waals surface area contributed by atoms with E-state index in [1.54, 1.807) is 11.3 Å². The fourth-order valence-corrected chi connectivity index (χ4v) is 5.35. The van der Waals surface area contributed by atoms with Crippen LogP contribution in [0.4, 0.5) is 0 Å². The molecule has 0 unspecified atom stereocenters. The average molecular weight is 412 g/mol. The van der Waals surface area contributed by atoms with E-state index in [9.17, 15) is 4.79 Å². The van der Waals surface area contributed by atoms with Gasteiger partial charge in [-0.25, -0.2) is 4.98 Å². The average Bonchev–Trinajstić information content (AvgIpc) is 2.95. The first-order chi connectivity index (χ1) is 11.8. The van der Waals surface area contributed by atoms with Crippen LogP contribution in [0.5, 0.6) is 0 Å². The fraction of sp³-hybridized carbons (Fsp3) is 0.353. The lowest BCUT2D eigenvalue weighted by Crippen LogP contribution is -2.23. The van der Waals surface area contributed by atoms with Gasteiger partial charge in [0.15, 0.2) is 5.82 Å². The molecule has 2 atom stereocenters. The minimum absolute atomic E-state index is 0.0157. The molecule has 8 heteroatoms. The van der Waals surface area contributed by atoms with E-state index in [2.05, 4.69) is 23.9 Å². The lowest BCUT2D eigenvalue weighted by molar-refractivity contribution is 0.585. The Morgan fingerprint density at radius 3 is 2.76 bits per heavy atom. The van der Waals surface area contributed by atoms with Gasteiger partial charge in [0.25, 0.3) is 5.56 Å². The zero-order chi connectivity index (χ0) is 17.9. The van der Waals surface area contributed by atoms with E-state index in [4.69, 9.17) is 23.2 Å². The third kappa shape index (κ3) is 2.85. The summed E-state index contributed by atoms with van der Waals surface area (Å²) < 4.78 is 2.32. The van der Waals surface area contributed by atoms with Crippen molar-refractivity contribution in [3.8, 4) is 0 Å². The number of hydrogen-bond acceptors (Lipinski definition) is 5. The quantitative estimate of drug-likeness (QED) is 0.650. The van der Waals surface area contributed by atoms with Gasteiger partial charge < -0.3 is 0 Å². The summed E-state index contributed by atoms with van der Waals surface area (Å²) in [4.78, 5) is 19.0. The lowest BCUT2D eigenvalue weighted by atomic mass is 10.1. The Hall–Kier alpha value is -1.21. The number of aryl methyl sites for hydroxylation is 1. The number of rotatable bonds is 3. The van der Waals surface area contributed by atoms with Crippen molar-refractivity contribution in [1.29, 1.82) is 0 Å². The van der Waals surface area contributed by atoms with E-state index in [-0.39, 0.29) is 27.3 Å². The smallest absolute Gasteiger partial charge is 0.266 e. The molecular formula is C17H15Cl2N3OS2. The minimum atomic E-state index is -0.118. The van der Waals surface area contributed by atoms with Gasteiger partial charge in [0.2, 0.25) is 4.96 Å². The molecule has 130 valence electrons. The van der Waals surface area contributed by atoms with Crippen molar-refractivity contribution in [3.05, 3.63) is 53.2 Å². The van der Waals surface area contributed by atoms with Gasteiger partial charge in [-0.1, -0.05) is 48.4 Å². The first-order valence-corrected chi connectivity index (χ1v) is 10.2. The molecule has 1 fully saturated rings. The highest BCUT2D eigenvalue weighted by Crippen LogP contribution is 2.64. The number of fused-ring (bicyclic) bond motifs is 1. The SMILES string of the molecule is Cc1ccsc1/C=c1/sc2nc([C@H]3[C@H](C=C(Cl)Cl)C3(C)C)nn2c1=O. The Labute approximate surface area is 162 Å². The summed E-state index contributed by atoms with van der Waals surface area (Å²) in [6.45, 7) is 6.29. The predicted molar refractivity (Wildman–Crippen MR) is 105 cm³/mol. The molecule has 3 heterocycles. The molecule has 4 nitrogen and oxygen atoms in total. The van der Waals surface area contributed by atoms with Crippen LogP contribution >= 0.6 is 45.9 Å². The summed E-state index contributed by atoms with van der Waals surface area (Å²) in [5.41, 5.74) is 1.03. The molecule has 0 saturated heterocycles. The molecule has 0 amide bonds. The van der Waals surface area contributed by atoms with Crippen LogP contribution in [0.15, 0.2) is 26.8 Å². The second-order valence-corrected chi connectivity index (χ2v) is 9.79. The molecule has 25 heavy (non-hydrogen) atoms. The first-order valence-electron chi connectivity index (χ1n) is 7.77. The Bertz CT molecular complexity index is 1110. The van der Waals surface area contributed by atoms with Crippen molar-refractivity contribution in [2.24, 2.45) is 11.3 Å². The first kappa shape index (κ1) is 17.2. The van der Waals surface area contributed by atoms with Crippen LogP contribution in [0, 0.1) is 18.3 Å². The van der Waals surface area contributed by atoms with Crippen LogP contribution in [0.1, 0.15) is 36.0 Å². The molecule has 4 rings (SSSR count). The summed E-state index contributed by atoms with van der Waals surface area (Å²) >= 11 is 14.6. The molecule has 0 spiro atoms. The third-order valence-electron chi connectivity index (χ3n) is 4.86. The molecule has 0 radical (unpaired) electrons. The van der Waals surface area contributed by atoms with Gasteiger partial charge in [-0.05, 0) is 47.4 Å². The molecule has 3 aromatic rings. The Morgan fingerprint density at radius 2 is 2.16 bits per heavy atom. The van der Waals surface area contributed by atoms with Crippen molar-refractivity contribution in [2.75, 3.05) is 0 Å². The van der Waals surface area contributed by atoms with Gasteiger partial charge in [-0.2, -0.15) is 4.52 Å². The Morgan fingerprint density at radius 1 is 1.40 bits per heavy atom. The highest BCUT2D eigenvalue weighted by molar-refractivity contribution is 7.15. The highest BCUT2D eigenvalue weighted by atomic mass is 35.5. The maximum absolute atomic E-state index is 12.6. The molecule has 1 aliphatic carbocycles. The van der Waals surface area contributed by atoms with E-state index < -0.39 is 0 Å². The predicted octanol–water partition coefficient (Wildman–Crippen LogP) is 4.13. The van der Waals surface area contributed by atoms with Crippen molar-refractivity contribution < 1.29 is 0 Å². The Balaban J connectivity index is 1.75. The molecule has 3 aromatic heterocycles. The van der Waals surface area contributed by atoms with Crippen LogP contribution in [-0.4, -0.2) is 14.6 Å². The van der Waals surface area contributed by atoms with Gasteiger partial charge in [0, 0.05) is 10.8 Å². The zero-order valence-corrected chi connectivity index (χ0v) is 16.9. The number of aromatic nitrogens is 3. The van der Waals surface area contributed by atoms with Crippen LogP contribution in [0.25, 0.3) is 11.0 Å². The number of hydrogen-bond donors (Lipinski definition) is 0. The molecule has 1 aliphatic rings. The molecule has 0 N–H and O–H groups in total. The van der Waals surface area contributed by atoms with Gasteiger partial charge >= 0.3 is 0 Å². The van der Waals surface area contributed by atoms with Gasteiger partial charge in [0.05, 0.1) is 4.53 Å². The maximum atomic E-state index is 12.6. The monoisotopic (exact) mass is 411 g/mol. The van der Waals surface area contributed by atoms with Crippen molar-refractivity contribution in [2.45, 2.75) is 26.7 Å². The number of thiazole rings is 1. The summed E-state index contributed by atoms with van der Waals surface area (Å²) in [5, 5.41) is 6.49. The van der Waals surface area contributed by atoms with Crippen molar-refractivity contribution >= 4 is 56.9 Å². The lowest BCUT2D eigenvalue weighted by Gasteiger charge is -1.97. The fourth-order valence-electron chi connectivity index (χ4n) is 3.25. The molecular weight excluding hydrogens is 397 g/mol. The summed E-state index contributed by atoms with van der Waals surface area (Å²) in [7, 11) is 0. The van der Waals surface area contributed by atoms with Crippen LogP contribution in [0.3, 0.4) is 0 Å². The van der Waals surface area contributed by atoms with Crippen LogP contribution in [-0.2, 0) is 0 Å². The van der Waals surface area contributed by atoms with Gasteiger partial charge in [0.1, 0.15) is 4.49 Å². The van der Waals surface area contributed by atoms with Crippen molar-refractivity contribution in [1.82, 2.24) is 14.6 Å². The minimum Gasteiger partial charge on any atom is -0.266 e. The van der Waals surface area contributed by atoms with E-state index >= 15 is 0 Å². The molecule has 0 aliphatic heterocycles. The molecule has 0 bridgehead atoms.